The topological polar surface area (TPSA) is 81.8 Å². The Morgan fingerprint density at radius 2 is 1.26 bits per heavy atom. The molecule has 6 aromatic rings. The Kier molecular flexibility index (Phi) is 3.96. The number of hydrogen-bond acceptors (Lipinski definition) is 6. The maximum absolute atomic E-state index is 4.74. The van der Waals surface area contributed by atoms with Gasteiger partial charge in [0, 0.05) is 47.5 Å². The van der Waals surface area contributed by atoms with Gasteiger partial charge in [0.1, 0.15) is 5.69 Å². The van der Waals surface area contributed by atoms with Crippen LogP contribution in [0.4, 0.5) is 0 Å². The minimum Gasteiger partial charge on any atom is -0.264 e. The SMILES string of the molecule is c1cncc(-c2nc(-c3cccnc3)nc(-c3cc4cc5ccccc5cn4n3)n2)c1. The van der Waals surface area contributed by atoms with E-state index in [4.69, 9.17) is 15.1 Å². The number of pyridine rings is 3. The van der Waals surface area contributed by atoms with Crippen LogP contribution in [0, 0.1) is 0 Å². The summed E-state index contributed by atoms with van der Waals surface area (Å²) < 4.78 is 1.86. The van der Waals surface area contributed by atoms with Crippen molar-refractivity contribution < 1.29 is 0 Å². The second-order valence-electron chi connectivity index (χ2n) is 7.09. The van der Waals surface area contributed by atoms with Crippen molar-refractivity contribution in [2.75, 3.05) is 0 Å². The minimum atomic E-state index is 0.500. The van der Waals surface area contributed by atoms with E-state index < -0.39 is 0 Å². The van der Waals surface area contributed by atoms with Gasteiger partial charge in [-0.05, 0) is 41.8 Å². The molecule has 0 bridgehead atoms. The van der Waals surface area contributed by atoms with Crippen molar-refractivity contribution in [2.24, 2.45) is 0 Å². The molecule has 7 nitrogen and oxygen atoms in total. The van der Waals surface area contributed by atoms with E-state index in [1.54, 1.807) is 24.8 Å². The molecule has 0 radical (unpaired) electrons. The fraction of sp³-hybridized carbons (Fsp3) is 0. The molecule has 5 heterocycles. The van der Waals surface area contributed by atoms with Crippen molar-refractivity contribution in [3.8, 4) is 34.3 Å². The maximum atomic E-state index is 4.74. The second kappa shape index (κ2) is 7.07. The van der Waals surface area contributed by atoms with Crippen LogP contribution in [0.2, 0.25) is 0 Å². The molecule has 0 aliphatic carbocycles. The lowest BCUT2D eigenvalue weighted by atomic mass is 10.1. The highest BCUT2D eigenvalue weighted by molar-refractivity contribution is 5.86. The molecular weight excluding hydrogens is 386 g/mol. The summed E-state index contributed by atoms with van der Waals surface area (Å²) in [5.74, 6) is 1.58. The van der Waals surface area contributed by atoms with Crippen LogP contribution in [0.5, 0.6) is 0 Å². The van der Waals surface area contributed by atoms with Crippen LogP contribution in [0.3, 0.4) is 0 Å². The van der Waals surface area contributed by atoms with Gasteiger partial charge in [-0.15, -0.1) is 0 Å². The Labute approximate surface area is 177 Å². The van der Waals surface area contributed by atoms with Crippen LogP contribution in [-0.2, 0) is 0 Å². The van der Waals surface area contributed by atoms with Crippen molar-refractivity contribution in [3.63, 3.8) is 0 Å². The molecule has 31 heavy (non-hydrogen) atoms. The first-order chi connectivity index (χ1) is 15.3. The molecule has 7 heteroatoms. The van der Waals surface area contributed by atoms with Crippen LogP contribution >= 0.6 is 0 Å². The van der Waals surface area contributed by atoms with Crippen molar-refractivity contribution >= 4 is 16.3 Å². The van der Waals surface area contributed by atoms with Gasteiger partial charge in [0.05, 0.1) is 5.52 Å². The van der Waals surface area contributed by atoms with Crippen molar-refractivity contribution in [1.82, 2.24) is 34.5 Å². The van der Waals surface area contributed by atoms with Crippen LogP contribution in [0.15, 0.2) is 91.6 Å². The minimum absolute atomic E-state index is 0.500. The average molecular weight is 401 g/mol. The number of hydrogen-bond donors (Lipinski definition) is 0. The van der Waals surface area contributed by atoms with E-state index in [2.05, 4.69) is 33.2 Å². The summed E-state index contributed by atoms with van der Waals surface area (Å²) in [6.07, 6.45) is 8.94. The summed E-state index contributed by atoms with van der Waals surface area (Å²) in [4.78, 5) is 22.5. The summed E-state index contributed by atoms with van der Waals surface area (Å²) in [5.41, 5.74) is 3.27. The van der Waals surface area contributed by atoms with Crippen molar-refractivity contribution in [3.05, 3.63) is 91.6 Å². The monoisotopic (exact) mass is 401 g/mol. The smallest absolute Gasteiger partial charge is 0.184 e. The molecule has 0 N–H and O–H groups in total. The molecule has 6 rings (SSSR count). The second-order valence-corrected chi connectivity index (χ2v) is 7.09. The highest BCUT2D eigenvalue weighted by Crippen LogP contribution is 2.25. The Bertz CT molecular complexity index is 1420. The van der Waals surface area contributed by atoms with Gasteiger partial charge in [0.2, 0.25) is 0 Å². The highest BCUT2D eigenvalue weighted by Gasteiger charge is 2.15. The van der Waals surface area contributed by atoms with E-state index >= 15 is 0 Å². The summed E-state index contributed by atoms with van der Waals surface area (Å²) in [6.45, 7) is 0. The van der Waals surface area contributed by atoms with E-state index in [-0.39, 0.29) is 0 Å². The number of nitrogens with zero attached hydrogens (tertiary/aromatic N) is 7. The van der Waals surface area contributed by atoms with Crippen LogP contribution in [0.25, 0.3) is 50.6 Å². The molecule has 0 aliphatic heterocycles. The highest BCUT2D eigenvalue weighted by atomic mass is 15.2. The summed E-state index contributed by atoms with van der Waals surface area (Å²) in [7, 11) is 0. The van der Waals surface area contributed by atoms with Gasteiger partial charge >= 0.3 is 0 Å². The Morgan fingerprint density at radius 3 is 1.90 bits per heavy atom. The van der Waals surface area contributed by atoms with Crippen LogP contribution in [0.1, 0.15) is 0 Å². The van der Waals surface area contributed by atoms with Crippen molar-refractivity contribution in [1.29, 1.82) is 0 Å². The van der Waals surface area contributed by atoms with E-state index in [0.717, 1.165) is 27.4 Å². The first-order valence-corrected chi connectivity index (χ1v) is 9.79. The quantitative estimate of drug-likeness (QED) is 0.435. The molecule has 0 amide bonds. The lowest BCUT2D eigenvalue weighted by Crippen LogP contribution is -2.01. The van der Waals surface area contributed by atoms with Gasteiger partial charge in [-0.3, -0.25) is 9.97 Å². The molecule has 0 saturated carbocycles. The molecule has 0 aliphatic rings. The number of rotatable bonds is 3. The number of benzene rings is 1. The first-order valence-electron chi connectivity index (χ1n) is 9.79. The Hall–Kier alpha value is -4.52. The van der Waals surface area contributed by atoms with Crippen molar-refractivity contribution in [2.45, 2.75) is 0 Å². The van der Waals surface area contributed by atoms with Gasteiger partial charge in [-0.25, -0.2) is 19.5 Å². The van der Waals surface area contributed by atoms with E-state index in [0.29, 0.717) is 23.2 Å². The Morgan fingerprint density at radius 1 is 0.613 bits per heavy atom. The molecule has 146 valence electrons. The molecule has 0 saturated heterocycles. The van der Waals surface area contributed by atoms with E-state index in [1.165, 1.54) is 0 Å². The predicted octanol–water partition coefficient (Wildman–Crippen LogP) is 4.46. The third kappa shape index (κ3) is 3.18. The van der Waals surface area contributed by atoms with E-state index in [1.807, 2.05) is 53.2 Å². The fourth-order valence-electron chi connectivity index (χ4n) is 3.52. The normalized spacial score (nSPS) is 11.2. The number of aromatic nitrogens is 7. The third-order valence-corrected chi connectivity index (χ3v) is 5.03. The first kappa shape index (κ1) is 17.3. The molecule has 0 atom stereocenters. The van der Waals surface area contributed by atoms with E-state index in [9.17, 15) is 0 Å². The molecule has 0 unspecified atom stereocenters. The van der Waals surface area contributed by atoms with Crippen LogP contribution in [-0.4, -0.2) is 34.5 Å². The lowest BCUT2D eigenvalue weighted by Gasteiger charge is -2.06. The average Bonchev–Trinajstić information content (AvgIpc) is 3.26. The van der Waals surface area contributed by atoms with Crippen LogP contribution < -0.4 is 0 Å². The number of fused-ring (bicyclic) bond motifs is 2. The fourth-order valence-corrected chi connectivity index (χ4v) is 3.52. The lowest BCUT2D eigenvalue weighted by molar-refractivity contribution is 0.957. The summed E-state index contributed by atoms with van der Waals surface area (Å²) in [6, 6.07) is 19.9. The zero-order chi connectivity index (χ0) is 20.6. The zero-order valence-corrected chi connectivity index (χ0v) is 16.3. The van der Waals surface area contributed by atoms with Gasteiger partial charge in [-0.2, -0.15) is 5.10 Å². The maximum Gasteiger partial charge on any atom is 0.184 e. The van der Waals surface area contributed by atoms with Gasteiger partial charge in [0.15, 0.2) is 17.5 Å². The van der Waals surface area contributed by atoms with Gasteiger partial charge in [-0.1, -0.05) is 24.3 Å². The largest absolute Gasteiger partial charge is 0.264 e. The molecule has 0 spiro atoms. The third-order valence-electron chi connectivity index (χ3n) is 5.03. The molecule has 0 fully saturated rings. The molecule has 1 aromatic carbocycles. The summed E-state index contributed by atoms with van der Waals surface area (Å²) in [5, 5.41) is 7.01. The standard InChI is InChI=1S/C24H15N7/c1-2-6-19-15-31-20(11-16(19)5-1)12-21(30-31)24-28-22(17-7-3-9-25-13-17)27-23(29-24)18-8-4-10-26-14-18/h1-15H. The Balaban J connectivity index is 1.56. The molecule has 5 aromatic heterocycles. The summed E-state index contributed by atoms with van der Waals surface area (Å²) >= 11 is 0. The van der Waals surface area contributed by atoms with Gasteiger partial charge in [0.25, 0.3) is 0 Å². The zero-order valence-electron chi connectivity index (χ0n) is 16.3. The van der Waals surface area contributed by atoms with Gasteiger partial charge < -0.3 is 0 Å². The molecular formula is C24H15N7. The predicted molar refractivity (Wildman–Crippen MR) is 118 cm³/mol.